The first kappa shape index (κ1) is 25.0. The Bertz CT molecular complexity index is 928. The standard InChI is InChI=1S/C12H16N2O6.C10H11NS/c1-5-19-11(17)13-9(15)8(7(3)4)10(16)14(13)12(18)20-6-2;1-7(2)10-11-8-5-3-4-6-9(8)12-10/h5-6H2,1-4H3;3-6,11H,1-2H3. The van der Waals surface area contributed by atoms with E-state index >= 15 is 0 Å². The Labute approximate surface area is 191 Å². The third-order valence-electron chi connectivity index (χ3n) is 4.20. The Morgan fingerprint density at radius 2 is 1.38 bits per heavy atom. The van der Waals surface area contributed by atoms with Crippen LogP contribution >= 0.6 is 11.8 Å². The van der Waals surface area contributed by atoms with Gasteiger partial charge in [0.25, 0.3) is 11.8 Å². The molecule has 172 valence electrons. The molecule has 0 unspecified atom stereocenters. The molecule has 4 amide bonds. The van der Waals surface area contributed by atoms with Crippen molar-refractivity contribution in [3.8, 4) is 0 Å². The van der Waals surface area contributed by atoms with Crippen molar-refractivity contribution in [3.05, 3.63) is 46.0 Å². The molecule has 9 nitrogen and oxygen atoms in total. The lowest BCUT2D eigenvalue weighted by Crippen LogP contribution is -2.48. The van der Waals surface area contributed by atoms with Crippen molar-refractivity contribution in [1.82, 2.24) is 10.0 Å². The first-order valence-electron chi connectivity index (χ1n) is 10.0. The summed E-state index contributed by atoms with van der Waals surface area (Å²) in [5, 5.41) is 5.36. The molecular formula is C22H27N3O6S. The number of carbonyl (C=O) groups is 4. The van der Waals surface area contributed by atoms with E-state index in [-0.39, 0.29) is 18.8 Å². The number of hydrogen-bond acceptors (Lipinski definition) is 8. The minimum absolute atomic E-state index is 0.00236. The highest BCUT2D eigenvalue weighted by atomic mass is 32.2. The second-order valence-corrected chi connectivity index (χ2v) is 8.11. The Morgan fingerprint density at radius 3 is 1.78 bits per heavy atom. The van der Waals surface area contributed by atoms with Gasteiger partial charge in [-0.1, -0.05) is 29.5 Å². The molecule has 10 heteroatoms. The number of imide groups is 2. The van der Waals surface area contributed by atoms with Crippen molar-refractivity contribution < 1.29 is 28.7 Å². The minimum atomic E-state index is -1.10. The quantitative estimate of drug-likeness (QED) is 0.500. The van der Waals surface area contributed by atoms with Gasteiger partial charge in [0.2, 0.25) is 0 Å². The number of para-hydroxylation sites is 1. The molecule has 0 saturated carbocycles. The maximum atomic E-state index is 12.1. The summed E-state index contributed by atoms with van der Waals surface area (Å²) in [6.45, 7) is 10.4. The number of nitrogens with zero attached hydrogens (tertiary/aromatic N) is 2. The third-order valence-corrected chi connectivity index (χ3v) is 5.49. The molecule has 0 aliphatic carbocycles. The highest BCUT2D eigenvalue weighted by Gasteiger charge is 2.50. The SMILES string of the molecule is CC(C)=C1Nc2ccccc2S1.CCOC(=O)N1C(=O)C(=C(C)C)C(=O)N1C(=O)OCC. The normalized spacial score (nSPS) is 14.4. The Morgan fingerprint density at radius 1 is 0.875 bits per heavy atom. The van der Waals surface area contributed by atoms with Crippen LogP contribution in [-0.2, 0) is 19.1 Å². The van der Waals surface area contributed by atoms with Gasteiger partial charge in [0.1, 0.15) is 5.57 Å². The summed E-state index contributed by atoms with van der Waals surface area (Å²) in [5.74, 6) is -1.80. The number of nitrogens with one attached hydrogen (secondary N) is 1. The van der Waals surface area contributed by atoms with Crippen molar-refractivity contribution in [2.75, 3.05) is 18.5 Å². The summed E-state index contributed by atoms with van der Waals surface area (Å²) >= 11 is 1.81. The van der Waals surface area contributed by atoms with Gasteiger partial charge >= 0.3 is 12.2 Å². The predicted octanol–water partition coefficient (Wildman–Crippen LogP) is 4.68. The molecule has 1 fully saturated rings. The molecule has 0 spiro atoms. The second kappa shape index (κ2) is 10.9. The highest BCUT2D eigenvalue weighted by molar-refractivity contribution is 8.03. The zero-order valence-corrected chi connectivity index (χ0v) is 19.8. The maximum absolute atomic E-state index is 12.1. The van der Waals surface area contributed by atoms with Gasteiger partial charge in [0.05, 0.1) is 23.9 Å². The average Bonchev–Trinajstić information content (AvgIpc) is 3.27. The first-order valence-corrected chi connectivity index (χ1v) is 10.9. The largest absolute Gasteiger partial charge is 0.448 e. The molecule has 0 aromatic heterocycles. The Hall–Kier alpha value is -3.27. The number of allylic oxidation sites excluding steroid dienone is 2. The molecule has 0 bridgehead atoms. The lowest BCUT2D eigenvalue weighted by molar-refractivity contribution is -0.140. The van der Waals surface area contributed by atoms with Crippen LogP contribution in [0.2, 0.25) is 0 Å². The number of rotatable bonds is 2. The van der Waals surface area contributed by atoms with Gasteiger partial charge < -0.3 is 14.8 Å². The van der Waals surface area contributed by atoms with Crippen LogP contribution in [0.1, 0.15) is 41.5 Å². The molecule has 1 saturated heterocycles. The van der Waals surface area contributed by atoms with Crippen molar-refractivity contribution in [1.29, 1.82) is 0 Å². The summed E-state index contributed by atoms with van der Waals surface area (Å²) in [6, 6.07) is 8.38. The number of anilines is 1. The zero-order chi connectivity index (χ0) is 24.0. The number of fused-ring (bicyclic) bond motifs is 1. The van der Waals surface area contributed by atoms with E-state index in [2.05, 4.69) is 52.9 Å². The summed E-state index contributed by atoms with van der Waals surface area (Å²) in [6.07, 6.45) is -2.20. The second-order valence-electron chi connectivity index (χ2n) is 7.06. The summed E-state index contributed by atoms with van der Waals surface area (Å²) in [7, 11) is 0. The van der Waals surface area contributed by atoms with E-state index in [1.807, 2.05) is 11.8 Å². The van der Waals surface area contributed by atoms with Gasteiger partial charge in [-0.3, -0.25) is 9.59 Å². The van der Waals surface area contributed by atoms with E-state index in [1.54, 1.807) is 0 Å². The van der Waals surface area contributed by atoms with Crippen molar-refractivity contribution in [3.63, 3.8) is 0 Å². The van der Waals surface area contributed by atoms with Crippen molar-refractivity contribution in [2.24, 2.45) is 0 Å². The predicted molar refractivity (Wildman–Crippen MR) is 120 cm³/mol. The first-order chi connectivity index (χ1) is 15.1. The molecule has 0 radical (unpaired) electrons. The van der Waals surface area contributed by atoms with Crippen LogP contribution in [0, 0.1) is 0 Å². The van der Waals surface area contributed by atoms with Crippen LogP contribution in [0.4, 0.5) is 15.3 Å². The molecule has 1 aromatic carbocycles. The van der Waals surface area contributed by atoms with E-state index in [0.717, 1.165) is 0 Å². The van der Waals surface area contributed by atoms with Gasteiger partial charge in [0, 0.05) is 4.90 Å². The summed E-state index contributed by atoms with van der Waals surface area (Å²) in [5.41, 5.74) is 2.72. The summed E-state index contributed by atoms with van der Waals surface area (Å²) < 4.78 is 9.35. The van der Waals surface area contributed by atoms with Crippen molar-refractivity contribution in [2.45, 2.75) is 46.4 Å². The van der Waals surface area contributed by atoms with Gasteiger partial charge in [-0.05, 0) is 59.2 Å². The minimum Gasteiger partial charge on any atom is -0.448 e. The van der Waals surface area contributed by atoms with E-state index < -0.39 is 24.0 Å². The molecule has 1 aromatic rings. The number of benzene rings is 1. The zero-order valence-electron chi connectivity index (χ0n) is 19.0. The third kappa shape index (κ3) is 5.31. The Balaban J connectivity index is 0.000000255. The van der Waals surface area contributed by atoms with E-state index in [1.165, 1.54) is 48.9 Å². The van der Waals surface area contributed by atoms with E-state index in [0.29, 0.717) is 15.6 Å². The molecule has 32 heavy (non-hydrogen) atoms. The number of hydrazine groups is 1. The smallest absolute Gasteiger partial charge is 0.437 e. The average molecular weight is 462 g/mol. The summed E-state index contributed by atoms with van der Waals surface area (Å²) in [4.78, 5) is 49.0. The molecular weight excluding hydrogens is 434 g/mol. The molecule has 0 atom stereocenters. The van der Waals surface area contributed by atoms with Crippen LogP contribution < -0.4 is 5.32 Å². The number of carbonyl (C=O) groups excluding carboxylic acids is 4. The van der Waals surface area contributed by atoms with Gasteiger partial charge in [-0.25, -0.2) is 9.59 Å². The molecule has 2 heterocycles. The van der Waals surface area contributed by atoms with Crippen LogP contribution in [-0.4, -0.2) is 47.2 Å². The number of hydrogen-bond donors (Lipinski definition) is 1. The lowest BCUT2D eigenvalue weighted by atomic mass is 10.1. The fourth-order valence-corrected chi connectivity index (χ4v) is 3.72. The fraction of sp³-hybridized carbons (Fsp3) is 0.364. The van der Waals surface area contributed by atoms with E-state index in [4.69, 9.17) is 0 Å². The molecule has 1 N–H and O–H groups in total. The van der Waals surface area contributed by atoms with Crippen LogP contribution in [0.15, 0.2) is 50.9 Å². The van der Waals surface area contributed by atoms with Crippen LogP contribution in [0.3, 0.4) is 0 Å². The maximum Gasteiger partial charge on any atom is 0.437 e. The van der Waals surface area contributed by atoms with Gasteiger partial charge in [0.15, 0.2) is 0 Å². The molecule has 2 aliphatic rings. The number of amides is 4. The number of thioether (sulfide) groups is 1. The topological polar surface area (TPSA) is 105 Å². The van der Waals surface area contributed by atoms with Crippen LogP contribution in [0.25, 0.3) is 0 Å². The van der Waals surface area contributed by atoms with Crippen LogP contribution in [0.5, 0.6) is 0 Å². The van der Waals surface area contributed by atoms with Crippen molar-refractivity contribution >= 4 is 41.5 Å². The van der Waals surface area contributed by atoms with E-state index in [9.17, 15) is 19.2 Å². The molecule has 3 rings (SSSR count). The highest BCUT2D eigenvalue weighted by Crippen LogP contribution is 2.41. The lowest BCUT2D eigenvalue weighted by Gasteiger charge is -2.21. The fourth-order valence-electron chi connectivity index (χ4n) is 2.75. The molecule has 2 aliphatic heterocycles. The van der Waals surface area contributed by atoms with Gasteiger partial charge in [-0.2, -0.15) is 0 Å². The monoisotopic (exact) mass is 461 g/mol. The number of ether oxygens (including phenoxy) is 2. The Kier molecular flexibility index (Phi) is 8.48. The van der Waals surface area contributed by atoms with Gasteiger partial charge in [-0.15, -0.1) is 10.0 Å².